The van der Waals surface area contributed by atoms with Gasteiger partial charge in [-0.3, -0.25) is 19.9 Å². The van der Waals surface area contributed by atoms with E-state index in [2.05, 4.69) is 413 Å². The minimum absolute atomic E-state index is 0.942. The van der Waals surface area contributed by atoms with Crippen molar-refractivity contribution in [3.05, 3.63) is 442 Å². The number of thiazole rings is 3. The van der Waals surface area contributed by atoms with Crippen LogP contribution < -0.4 is 0 Å². The third-order valence-corrected chi connectivity index (χ3v) is 28.4. The number of fused-ring (bicyclic) bond motifs is 23. The summed E-state index contributed by atoms with van der Waals surface area (Å²) in [5, 5.41) is 25.1. The summed E-state index contributed by atoms with van der Waals surface area (Å²) in [5.74, 6) is 0. The number of hydrogen-bond donors (Lipinski definition) is 0. The van der Waals surface area contributed by atoms with E-state index in [4.69, 9.17) is 9.97 Å². The van der Waals surface area contributed by atoms with Crippen LogP contribution in [0, 0.1) is 0 Å². The van der Waals surface area contributed by atoms with Crippen LogP contribution in [0.25, 0.3) is 261 Å². The lowest BCUT2D eigenvalue weighted by Gasteiger charge is -2.14. The minimum Gasteiger partial charge on any atom is -0.256 e. The fraction of sp³-hybridized carbons (Fsp3) is 0. The normalized spacial score (nSPS) is 11.7. The van der Waals surface area contributed by atoms with Crippen LogP contribution in [-0.2, 0) is 0 Å². The fourth-order valence-corrected chi connectivity index (χ4v) is 21.8. The molecule has 0 atom stereocenters. The quantitative estimate of drug-likeness (QED) is 0.126. The molecule has 27 aromatic rings. The highest BCUT2D eigenvalue weighted by molar-refractivity contribution is 7.17. The average Bonchev–Trinajstić information content (AvgIpc) is 1.28. The predicted octanol–water partition coefficient (Wildman–Crippen LogP) is 33.8. The standard InChI is InChI=1S/C46H28N4.C44H26N2S2.C31H19NS/c1-2-8-36-35(7-1)41-25-31(45-27-29(19-23-49-45)33-9-3-13-43-39(33)11-5-21-47-43)15-17-37(41)38-18-16-32(26-42(36)38)46-28-30(20-24-50-46)34-10-4-14-44-40(34)12-6-22-48-44;1-2-10-36-35(9-1)39-21-31(27-5-3-7-29(19-27)33-13-17-41-43(23-33)47-25-45-41)11-15-37(39)38-16-12-32(22-40(36)38)28-6-4-8-30(20-28)34-14-18-42-44(24-34)48-26-46-42;1-2-10-26-24(8-1)25-9-3-4-11-27(25)29-17-22(12-14-28(26)29)20-6-5-7-21(16-20)23-13-15-30-31(18-23)33-19-32-30/h1-28H;1-26H;1-19H. The van der Waals surface area contributed by atoms with Crippen molar-refractivity contribution in [3.63, 3.8) is 0 Å². The molecule has 610 valence electrons. The van der Waals surface area contributed by atoms with Gasteiger partial charge in [0.15, 0.2) is 0 Å². The summed E-state index contributed by atoms with van der Waals surface area (Å²) < 4.78 is 3.65. The van der Waals surface area contributed by atoms with Crippen molar-refractivity contribution in [1.29, 1.82) is 0 Å². The van der Waals surface area contributed by atoms with E-state index in [1.807, 2.05) is 53.5 Å². The molecule has 20 aromatic carbocycles. The van der Waals surface area contributed by atoms with E-state index in [0.717, 1.165) is 83.1 Å². The monoisotopic (exact) mass is 1720 g/mol. The lowest BCUT2D eigenvalue weighted by molar-refractivity contribution is 1.33. The molecule has 0 aliphatic heterocycles. The first-order valence-electron chi connectivity index (χ1n) is 43.9. The molecule has 7 nitrogen and oxygen atoms in total. The van der Waals surface area contributed by atoms with Crippen LogP contribution >= 0.6 is 34.0 Å². The van der Waals surface area contributed by atoms with E-state index >= 15 is 0 Å². The molecule has 0 bridgehead atoms. The Morgan fingerprint density at radius 3 is 0.702 bits per heavy atom. The lowest BCUT2D eigenvalue weighted by atomic mass is 9.89. The Morgan fingerprint density at radius 1 is 0.130 bits per heavy atom. The van der Waals surface area contributed by atoms with Crippen LogP contribution in [0.5, 0.6) is 0 Å². The van der Waals surface area contributed by atoms with Gasteiger partial charge in [-0.1, -0.05) is 267 Å². The first-order valence-corrected chi connectivity index (χ1v) is 46.6. The Morgan fingerprint density at radius 2 is 0.382 bits per heavy atom. The molecule has 27 rings (SSSR count). The van der Waals surface area contributed by atoms with Crippen molar-refractivity contribution in [2.45, 2.75) is 0 Å². The first-order chi connectivity index (χ1) is 64.9. The Labute approximate surface area is 765 Å². The van der Waals surface area contributed by atoms with Crippen molar-refractivity contribution in [2.75, 3.05) is 0 Å². The zero-order chi connectivity index (χ0) is 86.4. The van der Waals surface area contributed by atoms with E-state index in [0.29, 0.717) is 0 Å². The number of aromatic nitrogens is 7. The van der Waals surface area contributed by atoms with Crippen molar-refractivity contribution >= 4 is 183 Å². The van der Waals surface area contributed by atoms with Crippen LogP contribution in [-0.4, -0.2) is 34.9 Å². The molecule has 0 aliphatic rings. The van der Waals surface area contributed by atoms with E-state index in [1.54, 1.807) is 34.0 Å². The lowest BCUT2D eigenvalue weighted by Crippen LogP contribution is -1.90. The van der Waals surface area contributed by atoms with Crippen LogP contribution in [0.2, 0.25) is 0 Å². The third-order valence-electron chi connectivity index (χ3n) is 26.0. The number of hydrogen-bond acceptors (Lipinski definition) is 10. The maximum absolute atomic E-state index is 4.83. The van der Waals surface area contributed by atoms with Gasteiger partial charge in [-0.2, -0.15) is 0 Å². The number of rotatable bonds is 10. The third kappa shape index (κ3) is 14.0. The summed E-state index contributed by atoms with van der Waals surface area (Å²) in [6, 6.07) is 145. The molecule has 0 saturated heterocycles. The van der Waals surface area contributed by atoms with E-state index in [9.17, 15) is 0 Å². The zero-order valence-corrected chi connectivity index (χ0v) is 73.0. The van der Waals surface area contributed by atoms with Gasteiger partial charge in [0.25, 0.3) is 0 Å². The summed E-state index contributed by atoms with van der Waals surface area (Å²) >= 11 is 5.06. The number of benzene rings is 20. The van der Waals surface area contributed by atoms with E-state index in [1.165, 1.54) is 178 Å². The Hall–Kier alpha value is -16.5. The Kier molecular flexibility index (Phi) is 19.0. The molecule has 0 saturated carbocycles. The summed E-state index contributed by atoms with van der Waals surface area (Å²) in [7, 11) is 0. The van der Waals surface area contributed by atoms with Gasteiger partial charge in [-0.15, -0.1) is 34.0 Å². The summed E-state index contributed by atoms with van der Waals surface area (Å²) in [6.07, 6.45) is 7.50. The van der Waals surface area contributed by atoms with Gasteiger partial charge in [0, 0.05) is 46.7 Å². The number of nitrogens with zero attached hydrogens (tertiary/aromatic N) is 7. The molecule has 0 fully saturated rings. The van der Waals surface area contributed by atoms with Crippen molar-refractivity contribution in [1.82, 2.24) is 34.9 Å². The molecule has 7 heterocycles. The molecule has 0 amide bonds. The summed E-state index contributed by atoms with van der Waals surface area (Å²) in [4.78, 5) is 32.1. The number of pyridine rings is 4. The molecule has 0 N–H and O–H groups in total. The van der Waals surface area contributed by atoms with Crippen molar-refractivity contribution in [2.24, 2.45) is 0 Å². The van der Waals surface area contributed by atoms with E-state index in [-0.39, 0.29) is 0 Å². The van der Waals surface area contributed by atoms with Gasteiger partial charge in [0.2, 0.25) is 0 Å². The fourth-order valence-electron chi connectivity index (χ4n) is 19.6. The molecular weight excluding hydrogens is 1650 g/mol. The average molecular weight is 1720 g/mol. The molecule has 0 radical (unpaired) electrons. The highest BCUT2D eigenvalue weighted by Gasteiger charge is 2.20. The predicted molar refractivity (Wildman–Crippen MR) is 557 cm³/mol. The maximum atomic E-state index is 4.83. The molecule has 0 spiro atoms. The Balaban J connectivity index is 0.000000108. The SMILES string of the molecule is c1cc(-c2ccc3ncsc3c2)cc(-c2ccc3c4ccc(-c5cccc(-c6ccc7ncsc7c6)c5)cc4c4ccccc4c3c2)c1.c1cc(-c2ccc3ncsc3c2)cc(-c2ccc3c4ccccc4c4ccccc4c3c2)c1.c1cc(-c2ccnc(-c3ccc4c5ccc(-c6cc(-c7cccc8ncccc78)ccn6)cc5c5ccccc5c4c3)c2)c2cccnc2c1. The smallest absolute Gasteiger partial charge is 0.0812 e. The van der Waals surface area contributed by atoms with Crippen molar-refractivity contribution in [3.8, 4) is 112 Å². The molecule has 0 aliphatic carbocycles. The topological polar surface area (TPSA) is 90.2 Å². The second-order valence-corrected chi connectivity index (χ2v) is 36.1. The zero-order valence-electron chi connectivity index (χ0n) is 70.5. The van der Waals surface area contributed by atoms with E-state index < -0.39 is 0 Å². The molecule has 7 aromatic heterocycles. The van der Waals surface area contributed by atoms with Gasteiger partial charge >= 0.3 is 0 Å². The first kappa shape index (κ1) is 76.9. The van der Waals surface area contributed by atoms with Gasteiger partial charge in [0.1, 0.15) is 0 Å². The van der Waals surface area contributed by atoms with Gasteiger partial charge in [0.05, 0.1) is 69.6 Å². The van der Waals surface area contributed by atoms with Crippen LogP contribution in [0.1, 0.15) is 0 Å². The van der Waals surface area contributed by atoms with Crippen LogP contribution in [0.3, 0.4) is 0 Å². The molecular formula is C121H73N7S3. The maximum Gasteiger partial charge on any atom is 0.0812 e. The minimum atomic E-state index is 0.942. The second-order valence-electron chi connectivity index (χ2n) is 33.4. The van der Waals surface area contributed by atoms with Crippen LogP contribution in [0.4, 0.5) is 0 Å². The van der Waals surface area contributed by atoms with Gasteiger partial charge in [-0.25, -0.2) is 15.0 Å². The Bertz CT molecular complexity index is 8830. The van der Waals surface area contributed by atoms with Crippen molar-refractivity contribution < 1.29 is 0 Å². The molecule has 131 heavy (non-hydrogen) atoms. The largest absolute Gasteiger partial charge is 0.256 e. The van der Waals surface area contributed by atoms with Crippen LogP contribution in [0.15, 0.2) is 442 Å². The molecule has 0 unspecified atom stereocenters. The highest BCUT2D eigenvalue weighted by Crippen LogP contribution is 2.46. The summed E-state index contributed by atoms with van der Waals surface area (Å²) in [5.41, 5.74) is 34.2. The highest BCUT2D eigenvalue weighted by atomic mass is 32.1. The second kappa shape index (κ2) is 32.4. The molecule has 10 heteroatoms. The summed E-state index contributed by atoms with van der Waals surface area (Å²) in [6.45, 7) is 0. The van der Waals surface area contributed by atoms with Gasteiger partial charge < -0.3 is 0 Å². The van der Waals surface area contributed by atoms with Gasteiger partial charge in [-0.05, 0) is 319 Å².